The molecule has 3 rings (SSSR count). The average Bonchev–Trinajstić information content (AvgIpc) is 2.57. The van der Waals surface area contributed by atoms with Crippen molar-refractivity contribution >= 4 is 21.6 Å². The van der Waals surface area contributed by atoms with Crippen molar-refractivity contribution in [1.29, 1.82) is 0 Å². The highest BCUT2D eigenvalue weighted by molar-refractivity contribution is 7.91. The summed E-state index contributed by atoms with van der Waals surface area (Å²) in [7, 11) is -2.76. The summed E-state index contributed by atoms with van der Waals surface area (Å²) in [5.74, 6) is 2.95. The largest absolute Gasteiger partial charge is 0.354 e. The third-order valence-corrected chi connectivity index (χ3v) is 6.78. The topological polar surface area (TPSA) is 78.4 Å². The number of aromatic nitrogens is 2. The predicted octanol–water partition coefficient (Wildman–Crippen LogP) is 1.16. The molecule has 0 aromatic carbocycles. The average molecular weight is 368 g/mol. The molecular weight excluding hydrogens is 338 g/mol. The second kappa shape index (κ2) is 7.86. The summed E-state index contributed by atoms with van der Waals surface area (Å²) in [4.78, 5) is 13.8. The van der Waals surface area contributed by atoms with E-state index in [9.17, 15) is 8.42 Å². The Labute approximate surface area is 150 Å². The molecule has 0 atom stereocenters. The van der Waals surface area contributed by atoms with Crippen molar-refractivity contribution in [2.45, 2.75) is 26.7 Å². The SMILES string of the molecule is CCNc1nc(C)cc(N2CCN(CC3CCS(=O)(=O)CC3)CC2)n1. The Morgan fingerprint density at radius 1 is 1.16 bits per heavy atom. The van der Waals surface area contributed by atoms with E-state index >= 15 is 0 Å². The van der Waals surface area contributed by atoms with Gasteiger partial charge in [-0.2, -0.15) is 4.98 Å². The van der Waals surface area contributed by atoms with Gasteiger partial charge in [0.15, 0.2) is 0 Å². The van der Waals surface area contributed by atoms with Gasteiger partial charge >= 0.3 is 0 Å². The molecule has 2 aliphatic rings. The van der Waals surface area contributed by atoms with Gasteiger partial charge in [0.05, 0.1) is 11.5 Å². The van der Waals surface area contributed by atoms with Crippen molar-refractivity contribution < 1.29 is 8.42 Å². The van der Waals surface area contributed by atoms with Gasteiger partial charge in [-0.05, 0) is 32.6 Å². The van der Waals surface area contributed by atoms with Gasteiger partial charge in [0.25, 0.3) is 0 Å². The first kappa shape index (κ1) is 18.4. The number of nitrogens with one attached hydrogen (secondary N) is 1. The smallest absolute Gasteiger partial charge is 0.224 e. The van der Waals surface area contributed by atoms with Crippen LogP contribution < -0.4 is 10.2 Å². The molecule has 1 aromatic rings. The number of anilines is 2. The molecule has 8 heteroatoms. The van der Waals surface area contributed by atoms with Crippen molar-refractivity contribution in [3.63, 3.8) is 0 Å². The van der Waals surface area contributed by atoms with Crippen molar-refractivity contribution in [3.8, 4) is 0 Å². The van der Waals surface area contributed by atoms with Crippen LogP contribution in [0, 0.1) is 12.8 Å². The molecule has 0 aliphatic carbocycles. The van der Waals surface area contributed by atoms with Gasteiger partial charge in [0.1, 0.15) is 15.7 Å². The first-order valence-corrected chi connectivity index (χ1v) is 11.0. The van der Waals surface area contributed by atoms with Gasteiger partial charge in [-0.1, -0.05) is 0 Å². The van der Waals surface area contributed by atoms with E-state index in [0.29, 0.717) is 23.4 Å². The molecule has 3 heterocycles. The molecule has 0 unspecified atom stereocenters. The standard InChI is InChI=1S/C17H29N5O2S/c1-3-18-17-19-14(2)12-16(20-17)22-8-6-21(7-9-22)13-15-4-10-25(23,24)11-5-15/h12,15H,3-11,13H2,1-2H3,(H,18,19,20). The van der Waals surface area contributed by atoms with E-state index in [2.05, 4.69) is 25.1 Å². The lowest BCUT2D eigenvalue weighted by Crippen LogP contribution is -2.48. The molecule has 140 valence electrons. The van der Waals surface area contributed by atoms with Crippen LogP contribution in [-0.2, 0) is 9.84 Å². The quantitative estimate of drug-likeness (QED) is 0.837. The van der Waals surface area contributed by atoms with Gasteiger partial charge in [0.2, 0.25) is 5.95 Å². The molecule has 0 radical (unpaired) electrons. The minimum absolute atomic E-state index is 0.366. The summed E-state index contributed by atoms with van der Waals surface area (Å²) in [6.07, 6.45) is 1.64. The van der Waals surface area contributed by atoms with Crippen molar-refractivity contribution in [2.24, 2.45) is 5.92 Å². The van der Waals surface area contributed by atoms with Crippen LogP contribution in [0.2, 0.25) is 0 Å². The Morgan fingerprint density at radius 2 is 1.84 bits per heavy atom. The molecule has 0 spiro atoms. The van der Waals surface area contributed by atoms with E-state index in [1.54, 1.807) is 0 Å². The number of hydrogen-bond acceptors (Lipinski definition) is 7. The van der Waals surface area contributed by atoms with E-state index in [1.165, 1.54) is 0 Å². The predicted molar refractivity (Wildman–Crippen MR) is 101 cm³/mol. The van der Waals surface area contributed by atoms with Gasteiger partial charge in [0, 0.05) is 51.0 Å². The molecule has 2 fully saturated rings. The summed E-state index contributed by atoms with van der Waals surface area (Å²) >= 11 is 0. The van der Waals surface area contributed by atoms with Crippen LogP contribution in [0.5, 0.6) is 0 Å². The zero-order valence-electron chi connectivity index (χ0n) is 15.2. The van der Waals surface area contributed by atoms with Crippen LogP contribution in [0.3, 0.4) is 0 Å². The van der Waals surface area contributed by atoms with Crippen molar-refractivity contribution in [3.05, 3.63) is 11.8 Å². The summed E-state index contributed by atoms with van der Waals surface area (Å²) in [6, 6.07) is 2.04. The summed E-state index contributed by atoms with van der Waals surface area (Å²) in [5.41, 5.74) is 0.979. The van der Waals surface area contributed by atoms with Crippen LogP contribution in [-0.4, -0.2) is 74.1 Å². The third-order valence-electron chi connectivity index (χ3n) is 5.06. The summed E-state index contributed by atoms with van der Waals surface area (Å²) < 4.78 is 23.1. The van der Waals surface area contributed by atoms with Crippen molar-refractivity contribution in [2.75, 3.05) is 61.0 Å². The van der Waals surface area contributed by atoms with Crippen molar-refractivity contribution in [1.82, 2.24) is 14.9 Å². The second-order valence-corrected chi connectivity index (χ2v) is 9.41. The summed E-state index contributed by atoms with van der Waals surface area (Å²) in [6.45, 7) is 9.79. The number of hydrogen-bond donors (Lipinski definition) is 1. The second-order valence-electron chi connectivity index (χ2n) is 7.10. The maximum absolute atomic E-state index is 11.6. The minimum Gasteiger partial charge on any atom is -0.354 e. The van der Waals surface area contributed by atoms with Crippen LogP contribution in [0.1, 0.15) is 25.5 Å². The Kier molecular flexibility index (Phi) is 5.78. The molecule has 2 saturated heterocycles. The van der Waals surface area contributed by atoms with E-state index in [4.69, 9.17) is 0 Å². The lowest BCUT2D eigenvalue weighted by Gasteiger charge is -2.37. The number of nitrogens with zero attached hydrogens (tertiary/aromatic N) is 4. The fourth-order valence-corrected chi connectivity index (χ4v) is 5.19. The molecule has 1 aromatic heterocycles. The maximum atomic E-state index is 11.6. The van der Waals surface area contributed by atoms with Gasteiger partial charge in [-0.3, -0.25) is 4.90 Å². The molecule has 2 aliphatic heterocycles. The van der Waals surface area contributed by atoms with Crippen LogP contribution in [0.4, 0.5) is 11.8 Å². The fourth-order valence-electron chi connectivity index (χ4n) is 3.60. The molecule has 7 nitrogen and oxygen atoms in total. The number of piperazine rings is 1. The van der Waals surface area contributed by atoms with Crippen LogP contribution in [0.15, 0.2) is 6.07 Å². The maximum Gasteiger partial charge on any atom is 0.224 e. The van der Waals surface area contributed by atoms with E-state index < -0.39 is 9.84 Å². The highest BCUT2D eigenvalue weighted by Gasteiger charge is 2.27. The Morgan fingerprint density at radius 3 is 2.48 bits per heavy atom. The lowest BCUT2D eigenvalue weighted by atomic mass is 10.0. The normalized spacial score (nSPS) is 22.1. The molecule has 0 amide bonds. The molecular formula is C17H29N5O2S. The van der Waals surface area contributed by atoms with Crippen LogP contribution in [0.25, 0.3) is 0 Å². The van der Waals surface area contributed by atoms with Gasteiger partial charge in [-0.15, -0.1) is 0 Å². The van der Waals surface area contributed by atoms with E-state index in [-0.39, 0.29) is 0 Å². The van der Waals surface area contributed by atoms with Gasteiger partial charge in [-0.25, -0.2) is 13.4 Å². The highest BCUT2D eigenvalue weighted by Crippen LogP contribution is 2.22. The Hall–Kier alpha value is -1.41. The fraction of sp³-hybridized carbons (Fsp3) is 0.765. The Balaban J connectivity index is 1.52. The van der Waals surface area contributed by atoms with Gasteiger partial charge < -0.3 is 10.2 Å². The van der Waals surface area contributed by atoms with E-state index in [1.807, 2.05) is 19.9 Å². The summed E-state index contributed by atoms with van der Waals surface area (Å²) in [5, 5.41) is 3.19. The number of aryl methyl sites for hydroxylation is 1. The van der Waals surface area contributed by atoms with Crippen LogP contribution >= 0.6 is 0 Å². The third kappa shape index (κ3) is 5.04. The molecule has 0 bridgehead atoms. The number of sulfone groups is 1. The lowest BCUT2D eigenvalue weighted by molar-refractivity contribution is 0.211. The minimum atomic E-state index is -2.76. The molecule has 0 saturated carbocycles. The Bertz CT molecular complexity index is 672. The highest BCUT2D eigenvalue weighted by atomic mass is 32.2. The zero-order valence-corrected chi connectivity index (χ0v) is 16.1. The molecule has 1 N–H and O–H groups in total. The first-order chi connectivity index (χ1) is 11.9. The molecule has 25 heavy (non-hydrogen) atoms. The number of rotatable bonds is 5. The first-order valence-electron chi connectivity index (χ1n) is 9.22. The monoisotopic (exact) mass is 367 g/mol. The zero-order chi connectivity index (χ0) is 17.9. The van der Waals surface area contributed by atoms with E-state index in [0.717, 1.165) is 63.6 Å².